The number of anilines is 3. The molecule has 1 atom stereocenters. The summed E-state index contributed by atoms with van der Waals surface area (Å²) in [5.74, 6) is 0.630. The van der Waals surface area contributed by atoms with Crippen LogP contribution in [0.3, 0.4) is 0 Å². The molecular formula is C31H30FN7O2. The molecule has 1 aliphatic heterocycles. The number of nitrogens with zero attached hydrogens (tertiary/aromatic N) is 4. The van der Waals surface area contributed by atoms with E-state index in [0.717, 1.165) is 46.9 Å². The minimum atomic E-state index is -0.267. The first-order chi connectivity index (χ1) is 20.1. The van der Waals surface area contributed by atoms with Crippen molar-refractivity contribution in [1.82, 2.24) is 25.1 Å². The predicted molar refractivity (Wildman–Crippen MR) is 158 cm³/mol. The fourth-order valence-corrected chi connectivity index (χ4v) is 5.05. The highest BCUT2D eigenvalue weighted by atomic mass is 19.1. The molecule has 1 amide bonds. The van der Waals surface area contributed by atoms with Gasteiger partial charge in [0.1, 0.15) is 23.7 Å². The maximum Gasteiger partial charge on any atom is 0.248 e. The Balaban J connectivity index is 1.26. The average Bonchev–Trinajstić information content (AvgIpc) is 3.63. The molecule has 1 fully saturated rings. The number of ether oxygens (including phenoxy) is 1. The molecule has 6 rings (SSSR count). The van der Waals surface area contributed by atoms with Gasteiger partial charge in [-0.15, -0.1) is 0 Å². The van der Waals surface area contributed by atoms with Crippen LogP contribution >= 0.6 is 0 Å². The number of amides is 1. The summed E-state index contributed by atoms with van der Waals surface area (Å²) in [6, 6.07) is 16.3. The molecule has 3 heterocycles. The third-order valence-electron chi connectivity index (χ3n) is 7.00. The van der Waals surface area contributed by atoms with E-state index >= 15 is 0 Å². The number of carbonyl (C=O) groups is 1. The number of rotatable bonds is 9. The maximum absolute atomic E-state index is 13.6. The SMILES string of the molecule is CCOc1cc2ncnc(Nc3ccc4c(cnn4Cc4cccc(F)c4)c3)c2cc1NC(=O)/C=C/C1CCCN1. The van der Waals surface area contributed by atoms with Gasteiger partial charge in [0, 0.05) is 34.6 Å². The molecule has 9 nitrogen and oxygen atoms in total. The van der Waals surface area contributed by atoms with Gasteiger partial charge in [-0.3, -0.25) is 9.48 Å². The van der Waals surface area contributed by atoms with Gasteiger partial charge in [-0.1, -0.05) is 18.2 Å². The van der Waals surface area contributed by atoms with E-state index in [1.165, 1.54) is 18.5 Å². The zero-order chi connectivity index (χ0) is 28.2. The normalized spacial score (nSPS) is 15.1. The Morgan fingerprint density at radius 2 is 2.12 bits per heavy atom. The second-order valence-electron chi connectivity index (χ2n) is 9.90. The van der Waals surface area contributed by atoms with E-state index in [4.69, 9.17) is 4.74 Å². The average molecular weight is 552 g/mol. The maximum atomic E-state index is 13.6. The van der Waals surface area contributed by atoms with Crippen molar-refractivity contribution in [2.24, 2.45) is 0 Å². The van der Waals surface area contributed by atoms with Gasteiger partial charge in [0.25, 0.3) is 0 Å². The van der Waals surface area contributed by atoms with Gasteiger partial charge < -0.3 is 20.7 Å². The van der Waals surface area contributed by atoms with Crippen molar-refractivity contribution >= 4 is 44.9 Å². The first kappa shape index (κ1) is 26.4. The van der Waals surface area contributed by atoms with Gasteiger partial charge in [-0.25, -0.2) is 14.4 Å². The third-order valence-corrected chi connectivity index (χ3v) is 7.00. The number of nitrogens with one attached hydrogen (secondary N) is 3. The molecule has 0 saturated carbocycles. The number of halogens is 1. The van der Waals surface area contributed by atoms with Crippen LogP contribution < -0.4 is 20.7 Å². The summed E-state index contributed by atoms with van der Waals surface area (Å²) in [4.78, 5) is 21.7. The summed E-state index contributed by atoms with van der Waals surface area (Å²) in [6.07, 6.45) is 8.87. The highest BCUT2D eigenvalue weighted by Gasteiger charge is 2.15. The van der Waals surface area contributed by atoms with Crippen LogP contribution in [0.4, 0.5) is 21.6 Å². The fraction of sp³-hybridized carbons (Fsp3) is 0.226. The standard InChI is InChI=1S/C31H30FN7O2/c1-2-41-29-16-26-25(15-27(29)38-30(40)11-9-23-7-4-12-33-23)31(35-19-34-26)37-24-8-10-28-21(14-24)17-36-39(28)18-20-5-3-6-22(32)13-20/h3,5-6,8-11,13-17,19,23,33H,2,4,7,12,18H2,1H3,(H,38,40)(H,34,35,37)/b11-9+. The Morgan fingerprint density at radius 3 is 2.95 bits per heavy atom. The van der Waals surface area contributed by atoms with Crippen LogP contribution in [0.5, 0.6) is 5.75 Å². The van der Waals surface area contributed by atoms with Crippen molar-refractivity contribution in [2.75, 3.05) is 23.8 Å². The highest BCUT2D eigenvalue weighted by molar-refractivity contribution is 6.03. The molecule has 1 saturated heterocycles. The second-order valence-corrected chi connectivity index (χ2v) is 9.90. The number of benzene rings is 3. The summed E-state index contributed by atoms with van der Waals surface area (Å²) in [5, 5.41) is 15.9. The lowest BCUT2D eigenvalue weighted by molar-refractivity contribution is -0.111. The molecule has 0 radical (unpaired) electrons. The van der Waals surface area contributed by atoms with Crippen molar-refractivity contribution in [3.8, 4) is 5.75 Å². The second kappa shape index (κ2) is 11.7. The van der Waals surface area contributed by atoms with Crippen LogP contribution in [0.15, 0.2) is 79.3 Å². The molecule has 208 valence electrons. The molecule has 10 heteroatoms. The largest absolute Gasteiger partial charge is 0.492 e. The Kier molecular flexibility index (Phi) is 7.55. The number of aromatic nitrogens is 4. The van der Waals surface area contributed by atoms with Gasteiger partial charge in [-0.2, -0.15) is 5.10 Å². The van der Waals surface area contributed by atoms with Crippen molar-refractivity contribution in [3.05, 3.63) is 90.7 Å². The molecule has 3 N–H and O–H groups in total. The molecule has 0 aliphatic carbocycles. The van der Waals surface area contributed by atoms with E-state index in [-0.39, 0.29) is 17.8 Å². The van der Waals surface area contributed by atoms with Crippen molar-refractivity contribution in [2.45, 2.75) is 32.4 Å². The number of carbonyl (C=O) groups excluding carboxylic acids is 1. The Morgan fingerprint density at radius 1 is 1.20 bits per heavy atom. The minimum absolute atomic E-state index is 0.221. The first-order valence-corrected chi connectivity index (χ1v) is 13.7. The minimum Gasteiger partial charge on any atom is -0.492 e. The first-order valence-electron chi connectivity index (χ1n) is 13.7. The predicted octanol–water partition coefficient (Wildman–Crippen LogP) is 5.56. The van der Waals surface area contributed by atoms with Crippen molar-refractivity contribution in [1.29, 1.82) is 0 Å². The van der Waals surface area contributed by atoms with E-state index in [1.807, 2.05) is 54.1 Å². The van der Waals surface area contributed by atoms with Gasteiger partial charge in [0.05, 0.1) is 36.1 Å². The Hall–Kier alpha value is -4.83. The lowest BCUT2D eigenvalue weighted by atomic mass is 10.1. The zero-order valence-corrected chi connectivity index (χ0v) is 22.6. The number of hydrogen-bond acceptors (Lipinski definition) is 7. The molecular weight excluding hydrogens is 521 g/mol. The molecule has 41 heavy (non-hydrogen) atoms. The van der Waals surface area contributed by atoms with Crippen LogP contribution in [0.2, 0.25) is 0 Å². The molecule has 3 aromatic carbocycles. The van der Waals surface area contributed by atoms with E-state index < -0.39 is 0 Å². The molecule has 1 unspecified atom stereocenters. The topological polar surface area (TPSA) is 106 Å². The van der Waals surface area contributed by atoms with Gasteiger partial charge in [0.15, 0.2) is 0 Å². The van der Waals surface area contributed by atoms with E-state index in [9.17, 15) is 9.18 Å². The van der Waals surface area contributed by atoms with E-state index in [0.29, 0.717) is 35.9 Å². The van der Waals surface area contributed by atoms with Crippen LogP contribution in [0, 0.1) is 5.82 Å². The van der Waals surface area contributed by atoms with E-state index in [2.05, 4.69) is 31.0 Å². The highest BCUT2D eigenvalue weighted by Crippen LogP contribution is 2.34. The molecule has 1 aliphatic rings. The quantitative estimate of drug-likeness (QED) is 0.206. The molecule has 5 aromatic rings. The summed E-state index contributed by atoms with van der Waals surface area (Å²) < 4.78 is 21.3. The number of hydrogen-bond donors (Lipinski definition) is 3. The van der Waals surface area contributed by atoms with Crippen LogP contribution in [-0.4, -0.2) is 44.8 Å². The summed E-state index contributed by atoms with van der Waals surface area (Å²) in [6.45, 7) is 3.77. The summed E-state index contributed by atoms with van der Waals surface area (Å²) >= 11 is 0. The lowest BCUT2D eigenvalue weighted by Crippen LogP contribution is -2.19. The van der Waals surface area contributed by atoms with Crippen LogP contribution in [-0.2, 0) is 11.3 Å². The Labute approximate surface area is 236 Å². The van der Waals surface area contributed by atoms with Gasteiger partial charge >= 0.3 is 0 Å². The smallest absolute Gasteiger partial charge is 0.248 e. The molecule has 0 spiro atoms. The number of fused-ring (bicyclic) bond motifs is 2. The fourth-order valence-electron chi connectivity index (χ4n) is 5.05. The van der Waals surface area contributed by atoms with E-state index in [1.54, 1.807) is 18.3 Å². The van der Waals surface area contributed by atoms with Crippen molar-refractivity contribution in [3.63, 3.8) is 0 Å². The van der Waals surface area contributed by atoms with Crippen molar-refractivity contribution < 1.29 is 13.9 Å². The molecule has 0 bridgehead atoms. The van der Waals surface area contributed by atoms with Gasteiger partial charge in [-0.05, 0) is 68.3 Å². The van der Waals surface area contributed by atoms with Crippen LogP contribution in [0.25, 0.3) is 21.8 Å². The van der Waals surface area contributed by atoms with Gasteiger partial charge in [0.2, 0.25) is 5.91 Å². The summed E-state index contributed by atoms with van der Waals surface area (Å²) in [7, 11) is 0. The third kappa shape index (κ3) is 6.02. The monoisotopic (exact) mass is 551 g/mol. The summed E-state index contributed by atoms with van der Waals surface area (Å²) in [5.41, 5.74) is 3.80. The zero-order valence-electron chi connectivity index (χ0n) is 22.6. The molecule has 2 aromatic heterocycles. The van der Waals surface area contributed by atoms with Crippen LogP contribution in [0.1, 0.15) is 25.3 Å². The lowest BCUT2D eigenvalue weighted by Gasteiger charge is -2.14. The Bertz CT molecular complexity index is 1740.